The lowest BCUT2D eigenvalue weighted by molar-refractivity contribution is -0.146. The molecule has 0 saturated carbocycles. The number of halogens is 3. The van der Waals surface area contributed by atoms with Crippen molar-refractivity contribution in [3.63, 3.8) is 0 Å². The van der Waals surface area contributed by atoms with Gasteiger partial charge >= 0.3 is 6.18 Å². The van der Waals surface area contributed by atoms with Gasteiger partial charge in [0.1, 0.15) is 6.07 Å². The molecule has 0 bridgehead atoms. The zero-order chi connectivity index (χ0) is 21.9. The number of carbonyl (C=O) groups excluding carboxylic acids is 1. The zero-order valence-electron chi connectivity index (χ0n) is 16.1. The number of nitrogens with one attached hydrogen (secondary N) is 1. The smallest absolute Gasteiger partial charge is 0.389 e. The van der Waals surface area contributed by atoms with Crippen molar-refractivity contribution in [2.75, 3.05) is 18.0 Å². The molecule has 0 spiro atoms. The molecule has 1 fully saturated rings. The minimum absolute atomic E-state index is 0.0133. The molecule has 1 amide bonds. The van der Waals surface area contributed by atoms with Crippen molar-refractivity contribution in [1.82, 2.24) is 15.5 Å². The first-order chi connectivity index (χ1) is 14.2. The van der Waals surface area contributed by atoms with Gasteiger partial charge < -0.3 is 15.3 Å². The molecule has 0 aliphatic carbocycles. The summed E-state index contributed by atoms with van der Waals surface area (Å²) in [6, 6.07) is 10.2. The Hall–Kier alpha value is -3.19. The minimum atomic E-state index is -4.32. The zero-order valence-corrected chi connectivity index (χ0v) is 16.1. The number of hydrogen-bond donors (Lipinski definition) is 2. The largest absolute Gasteiger partial charge is 0.395 e. The molecule has 3 rings (SSSR count). The Morgan fingerprint density at radius 1 is 1.27 bits per heavy atom. The van der Waals surface area contributed by atoms with E-state index in [1.54, 1.807) is 11.0 Å². The van der Waals surface area contributed by atoms with Crippen LogP contribution >= 0.6 is 0 Å². The number of hydrogen-bond acceptors (Lipinski definition) is 6. The molecule has 1 aromatic heterocycles. The van der Waals surface area contributed by atoms with Gasteiger partial charge in [-0.1, -0.05) is 24.3 Å². The van der Waals surface area contributed by atoms with Crippen molar-refractivity contribution in [3.05, 3.63) is 53.2 Å². The number of β-amino-alcohol motifs (C(OH)–C–C–N with tert-alkyl or cyclic N) is 1. The number of aliphatic hydroxyl groups is 1. The third kappa shape index (κ3) is 5.04. The van der Waals surface area contributed by atoms with Crippen LogP contribution in [0.1, 0.15) is 29.7 Å². The fourth-order valence-electron chi connectivity index (χ4n) is 3.23. The van der Waals surface area contributed by atoms with Crippen LogP contribution in [-0.2, 0) is 11.2 Å². The van der Waals surface area contributed by atoms with Gasteiger partial charge in [-0.3, -0.25) is 4.79 Å². The Labute approximate surface area is 171 Å². The van der Waals surface area contributed by atoms with Gasteiger partial charge in [0.15, 0.2) is 11.5 Å². The predicted molar refractivity (Wildman–Crippen MR) is 102 cm³/mol. The van der Waals surface area contributed by atoms with Gasteiger partial charge in [-0.2, -0.15) is 18.4 Å². The highest BCUT2D eigenvalue weighted by atomic mass is 19.4. The fraction of sp³-hybridized carbons (Fsp3) is 0.400. The third-order valence-electron chi connectivity index (χ3n) is 5.06. The number of carbonyl (C=O) groups is 1. The van der Waals surface area contributed by atoms with Crippen LogP contribution in [-0.4, -0.2) is 52.6 Å². The quantitative estimate of drug-likeness (QED) is 0.768. The van der Waals surface area contributed by atoms with E-state index in [0.29, 0.717) is 17.9 Å². The summed E-state index contributed by atoms with van der Waals surface area (Å²) in [5.74, 6) is -1.44. The third-order valence-corrected chi connectivity index (χ3v) is 5.06. The molecule has 2 aromatic rings. The highest BCUT2D eigenvalue weighted by molar-refractivity contribution is 5.79. The monoisotopic (exact) mass is 419 g/mol. The van der Waals surface area contributed by atoms with Crippen molar-refractivity contribution in [3.8, 4) is 6.07 Å². The highest BCUT2D eigenvalue weighted by Crippen LogP contribution is 2.34. The van der Waals surface area contributed by atoms with E-state index in [2.05, 4.69) is 15.5 Å². The van der Waals surface area contributed by atoms with Crippen LogP contribution in [0.5, 0.6) is 0 Å². The maximum Gasteiger partial charge on any atom is 0.395 e. The second-order valence-corrected chi connectivity index (χ2v) is 7.22. The molecule has 2 N–H and O–H groups in total. The molecule has 1 aromatic carbocycles. The SMILES string of the molecule is CC(c1ccc(CC(=O)NC2CN(c3ccc(C#N)nn3)C[C@@H]2O)cc1)C(F)(F)F. The topological polar surface area (TPSA) is 102 Å². The average Bonchev–Trinajstić information content (AvgIpc) is 3.07. The van der Waals surface area contributed by atoms with Crippen molar-refractivity contribution < 1.29 is 23.1 Å². The Balaban J connectivity index is 1.56. The molecule has 3 atom stereocenters. The van der Waals surface area contributed by atoms with Crippen LogP contribution in [0.3, 0.4) is 0 Å². The summed E-state index contributed by atoms with van der Waals surface area (Å²) < 4.78 is 38.4. The molecular formula is C20H20F3N5O2. The lowest BCUT2D eigenvalue weighted by Gasteiger charge is -2.18. The number of alkyl halides is 3. The molecule has 10 heteroatoms. The van der Waals surface area contributed by atoms with Crippen LogP contribution < -0.4 is 10.2 Å². The molecule has 30 heavy (non-hydrogen) atoms. The Morgan fingerprint density at radius 3 is 2.53 bits per heavy atom. The standard InChI is InChI=1S/C20H20F3N5O2/c1-12(20(21,22)23)14-4-2-13(3-5-14)8-19(30)25-16-10-28(11-17(16)29)18-7-6-15(9-24)26-27-18/h2-7,12,16-17,29H,8,10-11H2,1H3,(H,25,30)/t12?,16?,17-/m0/s1. The number of aromatic nitrogens is 2. The number of nitriles is 1. The first-order valence-corrected chi connectivity index (χ1v) is 9.29. The van der Waals surface area contributed by atoms with E-state index in [1.807, 2.05) is 6.07 Å². The second-order valence-electron chi connectivity index (χ2n) is 7.22. The maximum absolute atomic E-state index is 12.8. The van der Waals surface area contributed by atoms with E-state index in [0.717, 1.165) is 6.92 Å². The van der Waals surface area contributed by atoms with Crippen molar-refractivity contribution >= 4 is 11.7 Å². The highest BCUT2D eigenvalue weighted by Gasteiger charge is 2.37. The number of aliphatic hydroxyl groups excluding tert-OH is 1. The number of nitrogens with zero attached hydrogens (tertiary/aromatic N) is 4. The number of anilines is 1. The number of benzene rings is 1. The molecule has 1 saturated heterocycles. The Morgan fingerprint density at radius 2 is 1.97 bits per heavy atom. The van der Waals surface area contributed by atoms with Crippen LogP contribution in [0.15, 0.2) is 36.4 Å². The van der Waals surface area contributed by atoms with E-state index in [9.17, 15) is 23.1 Å². The van der Waals surface area contributed by atoms with Gasteiger partial charge in [0.25, 0.3) is 0 Å². The van der Waals surface area contributed by atoms with Gasteiger partial charge in [0, 0.05) is 13.1 Å². The first kappa shape index (κ1) is 21.5. The molecule has 7 nitrogen and oxygen atoms in total. The lowest BCUT2D eigenvalue weighted by Crippen LogP contribution is -2.43. The fourth-order valence-corrected chi connectivity index (χ4v) is 3.23. The van der Waals surface area contributed by atoms with E-state index in [4.69, 9.17) is 5.26 Å². The summed E-state index contributed by atoms with van der Waals surface area (Å²) in [4.78, 5) is 14.1. The molecular weight excluding hydrogens is 399 g/mol. The molecule has 1 aliphatic rings. The Kier molecular flexibility index (Phi) is 6.22. The summed E-state index contributed by atoms with van der Waals surface area (Å²) in [6.07, 6.45) is -5.15. The first-order valence-electron chi connectivity index (χ1n) is 9.29. The minimum Gasteiger partial charge on any atom is -0.389 e. The van der Waals surface area contributed by atoms with Crippen LogP contribution in [0.4, 0.5) is 19.0 Å². The van der Waals surface area contributed by atoms with Crippen molar-refractivity contribution in [2.45, 2.75) is 37.6 Å². The van der Waals surface area contributed by atoms with Crippen molar-refractivity contribution in [2.24, 2.45) is 0 Å². The summed E-state index contributed by atoms with van der Waals surface area (Å²) in [7, 11) is 0. The molecule has 0 radical (unpaired) electrons. The normalized spacial score (nSPS) is 19.9. The van der Waals surface area contributed by atoms with Gasteiger partial charge in [-0.25, -0.2) is 0 Å². The molecule has 2 unspecified atom stereocenters. The van der Waals surface area contributed by atoms with Crippen LogP contribution in [0.25, 0.3) is 0 Å². The summed E-state index contributed by atoms with van der Waals surface area (Å²) in [5.41, 5.74) is 0.893. The molecule has 1 aliphatic heterocycles. The predicted octanol–water partition coefficient (Wildman–Crippen LogP) is 1.92. The second kappa shape index (κ2) is 8.67. The summed E-state index contributed by atoms with van der Waals surface area (Å²) in [5, 5.41) is 29.5. The van der Waals surface area contributed by atoms with Gasteiger partial charge in [0.05, 0.1) is 24.5 Å². The van der Waals surface area contributed by atoms with E-state index in [1.165, 1.54) is 30.3 Å². The maximum atomic E-state index is 12.8. The average molecular weight is 419 g/mol. The van der Waals surface area contributed by atoms with Gasteiger partial charge in [-0.15, -0.1) is 10.2 Å². The van der Waals surface area contributed by atoms with E-state index in [-0.39, 0.29) is 30.1 Å². The van der Waals surface area contributed by atoms with Gasteiger partial charge in [0.2, 0.25) is 5.91 Å². The molecule has 158 valence electrons. The number of rotatable bonds is 5. The van der Waals surface area contributed by atoms with Crippen LogP contribution in [0, 0.1) is 11.3 Å². The van der Waals surface area contributed by atoms with E-state index >= 15 is 0 Å². The van der Waals surface area contributed by atoms with Gasteiger partial charge in [-0.05, 0) is 30.2 Å². The molecule has 2 heterocycles. The Bertz CT molecular complexity index is 925. The van der Waals surface area contributed by atoms with Crippen LogP contribution in [0.2, 0.25) is 0 Å². The summed E-state index contributed by atoms with van der Waals surface area (Å²) in [6.45, 7) is 1.65. The summed E-state index contributed by atoms with van der Waals surface area (Å²) >= 11 is 0. The lowest BCUT2D eigenvalue weighted by atomic mass is 9.98. The number of amides is 1. The van der Waals surface area contributed by atoms with E-state index < -0.39 is 24.2 Å². The van der Waals surface area contributed by atoms with Crippen molar-refractivity contribution in [1.29, 1.82) is 5.26 Å².